The van der Waals surface area contributed by atoms with Crippen LogP contribution in [0.3, 0.4) is 0 Å². The highest BCUT2D eigenvalue weighted by Crippen LogP contribution is 2.29. The van der Waals surface area contributed by atoms with Crippen LogP contribution in [0.5, 0.6) is 0 Å². The van der Waals surface area contributed by atoms with Gasteiger partial charge in [-0.3, -0.25) is 4.98 Å². The van der Waals surface area contributed by atoms with Crippen molar-refractivity contribution >= 4 is 28.6 Å². The summed E-state index contributed by atoms with van der Waals surface area (Å²) in [5.41, 5.74) is -1.20. The Labute approximate surface area is 85.9 Å². The second-order valence-corrected chi connectivity index (χ2v) is 3.32. The molecule has 0 atom stereocenters. The molecule has 14 heavy (non-hydrogen) atoms. The van der Waals surface area contributed by atoms with Gasteiger partial charge in [-0.05, 0) is 22.0 Å². The molecule has 1 aromatic heterocycles. The molecule has 0 amide bonds. The second-order valence-electron chi connectivity index (χ2n) is 2.46. The lowest BCUT2D eigenvalue weighted by Gasteiger charge is -2.08. The molecule has 0 spiro atoms. The molecule has 1 heterocycles. The zero-order chi connectivity index (χ0) is 10.9. The molecule has 1 rings (SSSR count). The van der Waals surface area contributed by atoms with Crippen molar-refractivity contribution in [3.05, 3.63) is 22.3 Å². The van der Waals surface area contributed by atoms with Gasteiger partial charge in [0, 0.05) is 10.7 Å². The van der Waals surface area contributed by atoms with E-state index in [0.717, 1.165) is 6.07 Å². The Hall–Kier alpha value is -0.595. The van der Waals surface area contributed by atoms with Crippen LogP contribution in [0, 0.1) is 0 Å². The standard InChI is InChI=1S/C6H4BBrF3NO2/c8-4-1-3(6(9,10)11)2-12-5(4)7(13)14/h1-2,13-14H. The van der Waals surface area contributed by atoms with Gasteiger partial charge in [0.1, 0.15) is 0 Å². The molecule has 0 aromatic carbocycles. The van der Waals surface area contributed by atoms with Gasteiger partial charge in [-0.15, -0.1) is 0 Å². The van der Waals surface area contributed by atoms with Gasteiger partial charge >= 0.3 is 13.3 Å². The number of hydrogen-bond donors (Lipinski definition) is 2. The average Bonchev–Trinajstić information content (AvgIpc) is 2.01. The summed E-state index contributed by atoms with van der Waals surface area (Å²) in [6, 6.07) is 0.738. The molecule has 3 nitrogen and oxygen atoms in total. The van der Waals surface area contributed by atoms with Crippen molar-refractivity contribution in [1.82, 2.24) is 4.98 Å². The van der Waals surface area contributed by atoms with Crippen LogP contribution < -0.4 is 5.59 Å². The van der Waals surface area contributed by atoms with E-state index in [1.54, 1.807) is 0 Å². The molecule has 0 unspecified atom stereocenters. The molecule has 0 fully saturated rings. The SMILES string of the molecule is OB(O)c1ncc(C(F)(F)F)cc1Br. The minimum absolute atomic E-state index is 0.0951. The smallest absolute Gasteiger partial charge is 0.422 e. The molecule has 76 valence electrons. The van der Waals surface area contributed by atoms with Gasteiger partial charge in [0.2, 0.25) is 0 Å². The van der Waals surface area contributed by atoms with Crippen LogP contribution in [0.1, 0.15) is 5.56 Å². The quantitative estimate of drug-likeness (QED) is 0.732. The highest BCUT2D eigenvalue weighted by atomic mass is 79.9. The lowest BCUT2D eigenvalue weighted by molar-refractivity contribution is -0.137. The predicted molar refractivity (Wildman–Crippen MR) is 46.8 cm³/mol. The van der Waals surface area contributed by atoms with Crippen LogP contribution in [-0.4, -0.2) is 22.2 Å². The van der Waals surface area contributed by atoms with Crippen LogP contribution >= 0.6 is 15.9 Å². The van der Waals surface area contributed by atoms with Crippen LogP contribution in [0.25, 0.3) is 0 Å². The topological polar surface area (TPSA) is 53.4 Å². The van der Waals surface area contributed by atoms with Crippen molar-refractivity contribution in [1.29, 1.82) is 0 Å². The number of aromatic nitrogens is 1. The summed E-state index contributed by atoms with van der Waals surface area (Å²) in [4.78, 5) is 3.28. The summed E-state index contributed by atoms with van der Waals surface area (Å²) in [6.07, 6.45) is -3.95. The van der Waals surface area contributed by atoms with Crippen LogP contribution in [0.2, 0.25) is 0 Å². The van der Waals surface area contributed by atoms with Crippen molar-refractivity contribution in [2.75, 3.05) is 0 Å². The summed E-state index contributed by atoms with van der Waals surface area (Å²) in [7, 11) is -1.90. The first-order chi connectivity index (χ1) is 6.32. The van der Waals surface area contributed by atoms with Crippen molar-refractivity contribution in [3.63, 3.8) is 0 Å². The van der Waals surface area contributed by atoms with Crippen molar-refractivity contribution in [2.45, 2.75) is 6.18 Å². The van der Waals surface area contributed by atoms with Crippen LogP contribution in [-0.2, 0) is 6.18 Å². The zero-order valence-electron chi connectivity index (χ0n) is 6.59. The zero-order valence-corrected chi connectivity index (χ0v) is 8.17. The van der Waals surface area contributed by atoms with Gasteiger partial charge in [-0.25, -0.2) is 0 Å². The first kappa shape index (κ1) is 11.5. The molecule has 0 radical (unpaired) electrons. The first-order valence-corrected chi connectivity index (χ1v) is 4.20. The third-order valence-corrected chi connectivity index (χ3v) is 2.08. The van der Waals surface area contributed by atoms with Crippen molar-refractivity contribution < 1.29 is 23.2 Å². The molecular formula is C6H4BBrF3NO2. The molecule has 0 saturated heterocycles. The minimum atomic E-state index is -4.49. The fourth-order valence-electron chi connectivity index (χ4n) is 0.794. The first-order valence-electron chi connectivity index (χ1n) is 3.41. The third-order valence-electron chi connectivity index (χ3n) is 1.44. The minimum Gasteiger partial charge on any atom is -0.422 e. The number of hydrogen-bond acceptors (Lipinski definition) is 3. The second kappa shape index (κ2) is 3.88. The summed E-state index contributed by atoms with van der Waals surface area (Å²) < 4.78 is 36.2. The summed E-state index contributed by atoms with van der Waals surface area (Å²) in [5.74, 6) is 0. The number of alkyl halides is 3. The number of nitrogens with zero attached hydrogens (tertiary/aromatic N) is 1. The van der Waals surface area contributed by atoms with E-state index >= 15 is 0 Å². The molecule has 0 aliphatic rings. The van der Waals surface area contributed by atoms with Crippen LogP contribution in [0.4, 0.5) is 13.2 Å². The highest BCUT2D eigenvalue weighted by molar-refractivity contribution is 9.10. The number of rotatable bonds is 1. The monoisotopic (exact) mass is 269 g/mol. The van der Waals surface area contributed by atoms with Gasteiger partial charge in [0.05, 0.1) is 11.2 Å². The van der Waals surface area contributed by atoms with E-state index in [9.17, 15) is 13.2 Å². The van der Waals surface area contributed by atoms with E-state index in [-0.39, 0.29) is 10.1 Å². The number of halogens is 4. The largest absolute Gasteiger partial charge is 0.509 e. The van der Waals surface area contributed by atoms with E-state index in [1.807, 2.05) is 0 Å². The normalized spacial score (nSPS) is 11.6. The molecule has 0 aliphatic carbocycles. The van der Waals surface area contributed by atoms with Crippen LogP contribution in [0.15, 0.2) is 16.7 Å². The Morgan fingerprint density at radius 2 is 1.93 bits per heavy atom. The Kier molecular flexibility index (Phi) is 3.18. The Morgan fingerprint density at radius 1 is 1.36 bits per heavy atom. The maximum atomic E-state index is 12.1. The molecule has 0 bridgehead atoms. The van der Waals surface area contributed by atoms with Gasteiger partial charge in [-0.1, -0.05) is 0 Å². The summed E-state index contributed by atoms with van der Waals surface area (Å²) in [5, 5.41) is 17.4. The van der Waals surface area contributed by atoms with Gasteiger partial charge in [-0.2, -0.15) is 13.2 Å². The Morgan fingerprint density at radius 3 is 2.29 bits per heavy atom. The summed E-state index contributed by atoms with van der Waals surface area (Å²) in [6.45, 7) is 0. The molecule has 1 aromatic rings. The molecular weight excluding hydrogens is 266 g/mol. The van der Waals surface area contributed by atoms with E-state index in [2.05, 4.69) is 20.9 Å². The van der Waals surface area contributed by atoms with E-state index in [1.165, 1.54) is 0 Å². The predicted octanol–water partition coefficient (Wildman–Crippen LogP) is 0.543. The lowest BCUT2D eigenvalue weighted by Crippen LogP contribution is -2.34. The van der Waals surface area contributed by atoms with Crippen molar-refractivity contribution in [3.8, 4) is 0 Å². The van der Waals surface area contributed by atoms with Gasteiger partial charge in [0.15, 0.2) is 0 Å². The lowest BCUT2D eigenvalue weighted by atomic mass is 9.85. The maximum Gasteiger partial charge on any atom is 0.509 e. The summed E-state index contributed by atoms with van der Waals surface area (Å²) >= 11 is 2.76. The Bertz CT molecular complexity index is 344. The highest BCUT2D eigenvalue weighted by Gasteiger charge is 2.32. The fourth-order valence-corrected chi connectivity index (χ4v) is 1.35. The fraction of sp³-hybridized carbons (Fsp3) is 0.167. The van der Waals surface area contributed by atoms with E-state index in [0.29, 0.717) is 6.20 Å². The average molecular weight is 270 g/mol. The maximum absolute atomic E-state index is 12.1. The van der Waals surface area contributed by atoms with E-state index in [4.69, 9.17) is 10.0 Å². The van der Waals surface area contributed by atoms with E-state index < -0.39 is 18.9 Å². The molecule has 8 heteroatoms. The van der Waals surface area contributed by atoms with Gasteiger partial charge in [0.25, 0.3) is 0 Å². The molecule has 0 aliphatic heterocycles. The Balaban J connectivity index is 3.13. The van der Waals surface area contributed by atoms with Crippen molar-refractivity contribution in [2.24, 2.45) is 0 Å². The number of pyridine rings is 1. The van der Waals surface area contributed by atoms with Gasteiger partial charge < -0.3 is 10.0 Å². The third kappa shape index (κ3) is 2.46. The molecule has 0 saturated carbocycles. The molecule has 2 N–H and O–H groups in total.